The van der Waals surface area contributed by atoms with Gasteiger partial charge >= 0.3 is 0 Å². The van der Waals surface area contributed by atoms with Gasteiger partial charge in [0.05, 0.1) is 12.3 Å². The normalized spacial score (nSPS) is 12.7. The third-order valence-corrected chi connectivity index (χ3v) is 5.05. The first-order chi connectivity index (χ1) is 9.93. The van der Waals surface area contributed by atoms with Gasteiger partial charge in [-0.25, -0.2) is 0 Å². The topological polar surface area (TPSA) is 25.2 Å². The summed E-state index contributed by atoms with van der Waals surface area (Å²) in [7, 11) is 2.03. The molecule has 0 radical (unpaired) electrons. The van der Waals surface area contributed by atoms with Gasteiger partial charge < -0.3 is 9.73 Å². The molecule has 0 aliphatic heterocycles. The van der Waals surface area contributed by atoms with Crippen LogP contribution >= 0.6 is 0 Å². The van der Waals surface area contributed by atoms with E-state index in [4.69, 9.17) is 4.42 Å². The fourth-order valence-corrected chi connectivity index (χ4v) is 3.31. The van der Waals surface area contributed by atoms with Crippen LogP contribution in [0.15, 0.2) is 16.7 Å². The molecule has 0 aliphatic carbocycles. The second-order valence-corrected chi connectivity index (χ2v) is 5.91. The van der Waals surface area contributed by atoms with Crippen molar-refractivity contribution in [2.24, 2.45) is 0 Å². The minimum Gasteiger partial charge on any atom is -0.469 e. The van der Waals surface area contributed by atoms with Gasteiger partial charge in [0.2, 0.25) is 0 Å². The van der Waals surface area contributed by atoms with Gasteiger partial charge in [0.15, 0.2) is 0 Å². The minimum absolute atomic E-state index is 0.191. The number of benzene rings is 1. The first-order valence-corrected chi connectivity index (χ1v) is 7.74. The van der Waals surface area contributed by atoms with Crippen molar-refractivity contribution in [1.82, 2.24) is 5.32 Å². The Morgan fingerprint density at radius 1 is 0.952 bits per heavy atom. The Morgan fingerprint density at radius 2 is 1.48 bits per heavy atom. The summed E-state index contributed by atoms with van der Waals surface area (Å²) >= 11 is 0. The van der Waals surface area contributed by atoms with E-state index in [0.29, 0.717) is 0 Å². The van der Waals surface area contributed by atoms with E-state index in [-0.39, 0.29) is 6.04 Å². The van der Waals surface area contributed by atoms with Gasteiger partial charge in [0.25, 0.3) is 0 Å². The number of nitrogens with one attached hydrogen (secondary N) is 1. The molecule has 1 heterocycles. The molecule has 114 valence electrons. The predicted molar refractivity (Wildman–Crippen MR) is 89.1 cm³/mol. The molecule has 0 bridgehead atoms. The lowest BCUT2D eigenvalue weighted by atomic mass is 9.84. The number of aryl methyl sites for hydroxylation is 1. The van der Waals surface area contributed by atoms with E-state index in [0.717, 1.165) is 12.2 Å². The summed E-state index contributed by atoms with van der Waals surface area (Å²) in [4.78, 5) is 0. The minimum atomic E-state index is 0.191. The fraction of sp³-hybridized carbons (Fsp3) is 0.474. The molecule has 0 aliphatic rings. The van der Waals surface area contributed by atoms with Gasteiger partial charge in [0.1, 0.15) is 5.76 Å². The number of rotatable bonds is 4. The lowest BCUT2D eigenvalue weighted by Crippen LogP contribution is -2.21. The average molecular weight is 285 g/mol. The molecule has 2 heteroatoms. The van der Waals surface area contributed by atoms with Gasteiger partial charge in [-0.05, 0) is 81.1 Å². The first kappa shape index (κ1) is 15.8. The predicted octanol–water partition coefficient (Wildman–Crippen LogP) is 4.69. The lowest BCUT2D eigenvalue weighted by molar-refractivity contribution is 0.504. The summed E-state index contributed by atoms with van der Waals surface area (Å²) in [5, 5.41) is 3.49. The SMILES string of the molecule is CCc1occc1C(NC)c1c(C)c(C)c(C)c(C)c1C. The third-order valence-electron chi connectivity index (χ3n) is 5.05. The van der Waals surface area contributed by atoms with Crippen LogP contribution in [0.4, 0.5) is 0 Å². The largest absolute Gasteiger partial charge is 0.469 e. The van der Waals surface area contributed by atoms with Crippen molar-refractivity contribution in [1.29, 1.82) is 0 Å². The molecule has 0 fully saturated rings. The zero-order valence-corrected chi connectivity index (χ0v) is 14.3. The van der Waals surface area contributed by atoms with Crippen molar-refractivity contribution >= 4 is 0 Å². The van der Waals surface area contributed by atoms with E-state index in [9.17, 15) is 0 Å². The summed E-state index contributed by atoms with van der Waals surface area (Å²) in [6.45, 7) is 13.3. The van der Waals surface area contributed by atoms with Gasteiger partial charge in [0, 0.05) is 12.0 Å². The molecular formula is C19H27NO. The summed E-state index contributed by atoms with van der Waals surface area (Å²) in [5.41, 5.74) is 9.63. The van der Waals surface area contributed by atoms with Crippen molar-refractivity contribution in [2.45, 2.75) is 54.0 Å². The molecule has 1 aromatic heterocycles. The average Bonchev–Trinajstić information content (AvgIpc) is 2.95. The first-order valence-electron chi connectivity index (χ1n) is 7.74. The molecule has 21 heavy (non-hydrogen) atoms. The molecule has 2 aromatic rings. The molecule has 1 atom stereocenters. The molecule has 1 aromatic carbocycles. The zero-order valence-electron chi connectivity index (χ0n) is 14.3. The maximum atomic E-state index is 5.64. The smallest absolute Gasteiger partial charge is 0.108 e. The highest BCUT2D eigenvalue weighted by Gasteiger charge is 2.23. The van der Waals surface area contributed by atoms with Crippen molar-refractivity contribution < 1.29 is 4.42 Å². The highest BCUT2D eigenvalue weighted by molar-refractivity contribution is 5.53. The highest BCUT2D eigenvalue weighted by Crippen LogP contribution is 2.35. The van der Waals surface area contributed by atoms with Gasteiger partial charge in [-0.2, -0.15) is 0 Å². The van der Waals surface area contributed by atoms with Gasteiger partial charge in [-0.3, -0.25) is 0 Å². The van der Waals surface area contributed by atoms with Crippen molar-refractivity contribution in [3.8, 4) is 0 Å². The molecule has 0 saturated carbocycles. The van der Waals surface area contributed by atoms with Crippen molar-refractivity contribution in [2.75, 3.05) is 7.05 Å². The zero-order chi connectivity index (χ0) is 15.7. The molecule has 1 N–H and O–H groups in total. The van der Waals surface area contributed by atoms with E-state index in [1.807, 2.05) is 7.05 Å². The maximum absolute atomic E-state index is 5.64. The second kappa shape index (κ2) is 6.07. The summed E-state index contributed by atoms with van der Waals surface area (Å²) in [5.74, 6) is 1.07. The van der Waals surface area contributed by atoms with E-state index >= 15 is 0 Å². The number of hydrogen-bond acceptors (Lipinski definition) is 2. The van der Waals surface area contributed by atoms with Crippen LogP contribution in [0.3, 0.4) is 0 Å². The van der Waals surface area contributed by atoms with Gasteiger partial charge in [-0.1, -0.05) is 6.92 Å². The lowest BCUT2D eigenvalue weighted by Gasteiger charge is -2.25. The van der Waals surface area contributed by atoms with E-state index in [1.165, 1.54) is 38.9 Å². The Labute approximate surface area is 128 Å². The van der Waals surface area contributed by atoms with E-state index < -0.39 is 0 Å². The molecule has 0 amide bonds. The molecule has 2 nitrogen and oxygen atoms in total. The number of hydrogen-bond donors (Lipinski definition) is 1. The highest BCUT2D eigenvalue weighted by atomic mass is 16.3. The fourth-order valence-electron chi connectivity index (χ4n) is 3.31. The second-order valence-electron chi connectivity index (χ2n) is 5.91. The van der Waals surface area contributed by atoms with Crippen LogP contribution in [-0.2, 0) is 6.42 Å². The standard InChI is InChI=1S/C19H27NO/c1-8-17-16(9-10-21-17)19(20-7)18-14(5)12(3)11(2)13(4)15(18)6/h9-10,19-20H,8H2,1-7H3. The quantitative estimate of drug-likeness (QED) is 0.881. The van der Waals surface area contributed by atoms with Crippen LogP contribution in [0, 0.1) is 34.6 Å². The van der Waals surface area contributed by atoms with Crippen LogP contribution in [-0.4, -0.2) is 7.05 Å². The summed E-state index contributed by atoms with van der Waals surface area (Å²) < 4.78 is 5.64. The van der Waals surface area contributed by atoms with Gasteiger partial charge in [-0.15, -0.1) is 0 Å². The van der Waals surface area contributed by atoms with Crippen LogP contribution < -0.4 is 5.32 Å². The van der Waals surface area contributed by atoms with Crippen LogP contribution in [0.25, 0.3) is 0 Å². The van der Waals surface area contributed by atoms with Crippen molar-refractivity contribution in [3.05, 3.63) is 57.0 Å². The Hall–Kier alpha value is -1.54. The van der Waals surface area contributed by atoms with Crippen LogP contribution in [0.2, 0.25) is 0 Å². The Bertz CT molecular complexity index is 623. The monoisotopic (exact) mass is 285 g/mol. The summed E-state index contributed by atoms with van der Waals surface area (Å²) in [6.07, 6.45) is 2.72. The number of furan rings is 1. The molecular weight excluding hydrogens is 258 g/mol. The van der Waals surface area contributed by atoms with E-state index in [2.05, 4.69) is 52.9 Å². The molecule has 0 saturated heterocycles. The van der Waals surface area contributed by atoms with E-state index in [1.54, 1.807) is 6.26 Å². The molecule has 2 rings (SSSR count). The third kappa shape index (κ3) is 2.53. The Balaban J connectivity index is 2.69. The van der Waals surface area contributed by atoms with Crippen LogP contribution in [0.5, 0.6) is 0 Å². The molecule has 0 spiro atoms. The maximum Gasteiger partial charge on any atom is 0.108 e. The van der Waals surface area contributed by atoms with Crippen molar-refractivity contribution in [3.63, 3.8) is 0 Å². The Kier molecular flexibility index (Phi) is 4.58. The Morgan fingerprint density at radius 3 is 1.95 bits per heavy atom. The van der Waals surface area contributed by atoms with Crippen LogP contribution in [0.1, 0.15) is 57.7 Å². The summed E-state index contributed by atoms with van der Waals surface area (Å²) in [6, 6.07) is 2.29. The molecule has 1 unspecified atom stereocenters.